The van der Waals surface area contributed by atoms with Gasteiger partial charge in [0.1, 0.15) is 0 Å². The van der Waals surface area contributed by atoms with Gasteiger partial charge in [-0.25, -0.2) is 0 Å². The zero-order valence-electron chi connectivity index (χ0n) is 8.19. The summed E-state index contributed by atoms with van der Waals surface area (Å²) in [5.74, 6) is -0.294. The average molecular weight is 184 g/mol. The highest BCUT2D eigenvalue weighted by atomic mass is 16.2. The van der Waals surface area contributed by atoms with E-state index in [1.54, 1.807) is 0 Å². The van der Waals surface area contributed by atoms with E-state index < -0.39 is 0 Å². The van der Waals surface area contributed by atoms with E-state index in [4.69, 9.17) is 0 Å². The number of aldehydes is 1. The van der Waals surface area contributed by atoms with Crippen molar-refractivity contribution in [1.82, 2.24) is 9.80 Å². The first-order valence-electron chi connectivity index (χ1n) is 4.68. The molecule has 1 saturated heterocycles. The van der Waals surface area contributed by atoms with E-state index in [-0.39, 0.29) is 11.8 Å². The minimum absolute atomic E-state index is 0.206. The van der Waals surface area contributed by atoms with E-state index in [1.165, 1.54) is 0 Å². The minimum atomic E-state index is -0.294. The first kappa shape index (κ1) is 10.3. The molecule has 0 amide bonds. The van der Waals surface area contributed by atoms with Gasteiger partial charge in [0, 0.05) is 6.54 Å². The average Bonchev–Trinajstić information content (AvgIpc) is 2.59. The quantitative estimate of drug-likeness (QED) is 0.446. The van der Waals surface area contributed by atoms with Crippen LogP contribution in [0.3, 0.4) is 0 Å². The third-order valence-electron chi connectivity index (χ3n) is 2.55. The summed E-state index contributed by atoms with van der Waals surface area (Å²) < 4.78 is 0. The van der Waals surface area contributed by atoms with Crippen LogP contribution in [0.4, 0.5) is 0 Å². The minimum Gasteiger partial charge on any atom is -0.295 e. The molecule has 0 aromatic heterocycles. The van der Waals surface area contributed by atoms with Crippen molar-refractivity contribution >= 4 is 12.1 Å². The molecule has 1 aliphatic heterocycles. The maximum atomic E-state index is 11.2. The molecule has 0 radical (unpaired) electrons. The number of Topliss-reactive ketones (excluding diaryl/α,β-unsaturated/α-hetero) is 1. The second-order valence-electron chi connectivity index (χ2n) is 3.25. The second kappa shape index (κ2) is 4.48. The highest BCUT2D eigenvalue weighted by Crippen LogP contribution is 2.12. The Balaban J connectivity index is 2.62. The van der Waals surface area contributed by atoms with Crippen molar-refractivity contribution in [2.75, 3.05) is 26.3 Å². The zero-order valence-corrected chi connectivity index (χ0v) is 8.19. The summed E-state index contributed by atoms with van der Waals surface area (Å²) in [6.07, 6.45) is 0.437. The fourth-order valence-corrected chi connectivity index (χ4v) is 1.67. The summed E-state index contributed by atoms with van der Waals surface area (Å²) in [4.78, 5) is 25.8. The number of likely N-dealkylation sites (N-methyl/N-ethyl adjacent to an activating group) is 2. The van der Waals surface area contributed by atoms with Crippen LogP contribution in [0.25, 0.3) is 0 Å². The zero-order chi connectivity index (χ0) is 9.84. The standard InChI is InChI=1S/C9H16N2O2/c1-3-10-5-8(9(13)6-12)11(4-2)7-10/h6,8H,3-5,7H2,1-2H3. The molecule has 1 rings (SSSR count). The molecule has 1 heterocycles. The van der Waals surface area contributed by atoms with Crippen molar-refractivity contribution in [1.29, 1.82) is 0 Å². The molecule has 0 aromatic rings. The molecule has 4 heteroatoms. The lowest BCUT2D eigenvalue weighted by Gasteiger charge is -2.17. The van der Waals surface area contributed by atoms with Crippen molar-refractivity contribution in [2.45, 2.75) is 19.9 Å². The maximum Gasteiger partial charge on any atom is 0.213 e. The molecule has 1 fully saturated rings. The van der Waals surface area contributed by atoms with Crippen molar-refractivity contribution in [3.63, 3.8) is 0 Å². The van der Waals surface area contributed by atoms with Crippen molar-refractivity contribution in [3.8, 4) is 0 Å². The van der Waals surface area contributed by atoms with Crippen LogP contribution in [0.5, 0.6) is 0 Å². The molecule has 4 nitrogen and oxygen atoms in total. The molecule has 0 saturated carbocycles. The van der Waals surface area contributed by atoms with Crippen LogP contribution < -0.4 is 0 Å². The normalized spacial score (nSPS) is 24.9. The predicted molar refractivity (Wildman–Crippen MR) is 49.4 cm³/mol. The number of rotatable bonds is 4. The summed E-state index contributed by atoms with van der Waals surface area (Å²) in [6.45, 7) is 7.31. The number of carbonyl (C=O) groups excluding carboxylic acids is 2. The van der Waals surface area contributed by atoms with Gasteiger partial charge in [0.2, 0.25) is 5.78 Å². The van der Waals surface area contributed by atoms with E-state index in [0.29, 0.717) is 12.8 Å². The fourth-order valence-electron chi connectivity index (χ4n) is 1.67. The fraction of sp³-hybridized carbons (Fsp3) is 0.778. The summed E-state index contributed by atoms with van der Waals surface area (Å²) >= 11 is 0. The summed E-state index contributed by atoms with van der Waals surface area (Å²) in [5.41, 5.74) is 0. The molecule has 0 aromatic carbocycles. The molecule has 0 N–H and O–H groups in total. The number of nitrogens with zero attached hydrogens (tertiary/aromatic N) is 2. The van der Waals surface area contributed by atoms with Crippen LogP contribution in [-0.2, 0) is 9.59 Å². The van der Waals surface area contributed by atoms with E-state index in [1.807, 2.05) is 11.8 Å². The molecule has 74 valence electrons. The second-order valence-corrected chi connectivity index (χ2v) is 3.25. The Kier molecular flexibility index (Phi) is 3.57. The third-order valence-corrected chi connectivity index (χ3v) is 2.55. The monoisotopic (exact) mass is 184 g/mol. The van der Waals surface area contributed by atoms with Gasteiger partial charge in [0.25, 0.3) is 0 Å². The van der Waals surface area contributed by atoms with E-state index in [0.717, 1.165) is 19.8 Å². The van der Waals surface area contributed by atoms with Gasteiger partial charge in [-0.2, -0.15) is 0 Å². The molecule has 1 aliphatic rings. The first-order valence-corrected chi connectivity index (χ1v) is 4.68. The van der Waals surface area contributed by atoms with Crippen LogP contribution in [0.15, 0.2) is 0 Å². The summed E-state index contributed by atoms with van der Waals surface area (Å²) in [7, 11) is 0. The van der Waals surface area contributed by atoms with Gasteiger partial charge >= 0.3 is 0 Å². The first-order chi connectivity index (χ1) is 6.22. The highest BCUT2D eigenvalue weighted by Gasteiger charge is 2.32. The number of ketones is 1. The van der Waals surface area contributed by atoms with Crippen LogP contribution >= 0.6 is 0 Å². The number of carbonyl (C=O) groups is 2. The van der Waals surface area contributed by atoms with Crippen molar-refractivity contribution in [2.24, 2.45) is 0 Å². The lowest BCUT2D eigenvalue weighted by atomic mass is 10.2. The Morgan fingerprint density at radius 3 is 2.62 bits per heavy atom. The molecule has 0 aliphatic carbocycles. The SMILES string of the molecule is CCN1CC(C(=O)C=O)N(CC)C1. The summed E-state index contributed by atoms with van der Waals surface area (Å²) in [6, 6.07) is -0.206. The lowest BCUT2D eigenvalue weighted by Crippen LogP contribution is -2.38. The van der Waals surface area contributed by atoms with Crippen LogP contribution in [0.1, 0.15) is 13.8 Å². The Labute approximate surface area is 78.5 Å². The number of hydrogen-bond acceptors (Lipinski definition) is 4. The largest absolute Gasteiger partial charge is 0.295 e. The van der Waals surface area contributed by atoms with Gasteiger partial charge < -0.3 is 0 Å². The Hall–Kier alpha value is -0.740. The topological polar surface area (TPSA) is 40.6 Å². The van der Waals surface area contributed by atoms with E-state index >= 15 is 0 Å². The molecular formula is C9H16N2O2. The molecule has 13 heavy (non-hydrogen) atoms. The van der Waals surface area contributed by atoms with Gasteiger partial charge in [0.05, 0.1) is 12.7 Å². The third kappa shape index (κ3) is 2.14. The van der Waals surface area contributed by atoms with Gasteiger partial charge in [-0.15, -0.1) is 0 Å². The molecule has 1 unspecified atom stereocenters. The summed E-state index contributed by atoms with van der Waals surface area (Å²) in [5, 5.41) is 0. The lowest BCUT2D eigenvalue weighted by molar-refractivity contribution is -0.132. The predicted octanol–water partition coefficient (Wildman–Crippen LogP) is -0.262. The van der Waals surface area contributed by atoms with Crippen molar-refractivity contribution in [3.05, 3.63) is 0 Å². The Morgan fingerprint density at radius 1 is 1.46 bits per heavy atom. The highest BCUT2D eigenvalue weighted by molar-refractivity contribution is 6.27. The van der Waals surface area contributed by atoms with Crippen LogP contribution in [-0.4, -0.2) is 54.2 Å². The molecular weight excluding hydrogens is 168 g/mol. The molecule has 0 spiro atoms. The van der Waals surface area contributed by atoms with E-state index in [2.05, 4.69) is 11.8 Å². The van der Waals surface area contributed by atoms with Crippen molar-refractivity contribution < 1.29 is 9.59 Å². The van der Waals surface area contributed by atoms with Gasteiger partial charge in [-0.3, -0.25) is 19.4 Å². The Morgan fingerprint density at radius 2 is 2.15 bits per heavy atom. The van der Waals surface area contributed by atoms with E-state index in [9.17, 15) is 9.59 Å². The van der Waals surface area contributed by atoms with Gasteiger partial charge in [-0.05, 0) is 13.1 Å². The van der Waals surface area contributed by atoms with Gasteiger partial charge in [-0.1, -0.05) is 13.8 Å². The van der Waals surface area contributed by atoms with Gasteiger partial charge in [0.15, 0.2) is 6.29 Å². The molecule has 1 atom stereocenters. The Bertz CT molecular complexity index is 206. The maximum absolute atomic E-state index is 11.2. The smallest absolute Gasteiger partial charge is 0.213 e. The number of hydrogen-bond donors (Lipinski definition) is 0. The van der Waals surface area contributed by atoms with Crippen LogP contribution in [0.2, 0.25) is 0 Å². The molecule has 0 bridgehead atoms. The van der Waals surface area contributed by atoms with Crippen LogP contribution in [0, 0.1) is 0 Å².